The van der Waals surface area contributed by atoms with Crippen LogP contribution in [0.1, 0.15) is 11.1 Å². The Labute approximate surface area is 209 Å². The molecule has 0 bridgehead atoms. The van der Waals surface area contributed by atoms with Crippen molar-refractivity contribution in [2.45, 2.75) is 11.9 Å². The van der Waals surface area contributed by atoms with Crippen LogP contribution >= 0.6 is 47.8 Å². The molecule has 0 aliphatic rings. The summed E-state index contributed by atoms with van der Waals surface area (Å²) in [6, 6.07) is 35.2. The van der Waals surface area contributed by atoms with Crippen LogP contribution in [0, 0.1) is 0 Å². The van der Waals surface area contributed by atoms with Gasteiger partial charge in [-0.3, -0.25) is 0 Å². The Morgan fingerprint density at radius 2 is 1.16 bits per heavy atom. The second-order valence-corrected chi connectivity index (χ2v) is 8.72. The van der Waals surface area contributed by atoms with Gasteiger partial charge in [-0.25, -0.2) is 0 Å². The van der Waals surface area contributed by atoms with E-state index in [-0.39, 0.29) is 0 Å². The highest BCUT2D eigenvalue weighted by Crippen LogP contribution is 2.18. The Morgan fingerprint density at radius 3 is 1.61 bits per heavy atom. The molecule has 0 aliphatic heterocycles. The van der Waals surface area contributed by atoms with E-state index >= 15 is 0 Å². The van der Waals surface area contributed by atoms with E-state index in [0.717, 1.165) is 20.0 Å². The number of ether oxygens (including phenoxy) is 1. The summed E-state index contributed by atoms with van der Waals surface area (Å²) in [5, 5.41) is 9.74. The molecule has 0 saturated carbocycles. The van der Waals surface area contributed by atoms with Crippen LogP contribution in [0.25, 0.3) is 0 Å². The molecule has 1 N–H and O–H groups in total. The zero-order chi connectivity index (χ0) is 22.3. The number of halogens is 3. The van der Waals surface area contributed by atoms with Crippen molar-refractivity contribution in [1.82, 2.24) is 0 Å². The highest BCUT2D eigenvalue weighted by atomic mass is 79.9. The quantitative estimate of drug-likeness (QED) is 0.235. The summed E-state index contributed by atoms with van der Waals surface area (Å²) in [6.45, 7) is 0.608. The molecule has 0 amide bonds. The Kier molecular flexibility index (Phi) is 12.1. The molecule has 2 nitrogen and oxygen atoms in total. The minimum atomic E-state index is 0.291. The number of rotatable bonds is 4. The van der Waals surface area contributed by atoms with Crippen molar-refractivity contribution in [3.05, 3.63) is 129 Å². The highest BCUT2D eigenvalue weighted by molar-refractivity contribution is 9.10. The SMILES string of the molecule is BrCc1ccccc1.Brc1cccc(OCc2ccccc2)c1.Oc1cccc(Br)c1. The van der Waals surface area contributed by atoms with Gasteiger partial charge in [-0.15, -0.1) is 0 Å². The van der Waals surface area contributed by atoms with Gasteiger partial charge in [0.25, 0.3) is 0 Å². The fourth-order valence-corrected chi connectivity index (χ4v) is 3.48. The first-order valence-corrected chi connectivity index (χ1v) is 12.2. The minimum absolute atomic E-state index is 0.291. The zero-order valence-corrected chi connectivity index (χ0v) is 21.6. The predicted octanol–water partition coefficient (Wildman–Crippen LogP) is 8.76. The summed E-state index contributed by atoms with van der Waals surface area (Å²) in [4.78, 5) is 0. The summed E-state index contributed by atoms with van der Waals surface area (Å²) >= 11 is 9.97. The van der Waals surface area contributed by atoms with Crippen LogP contribution in [-0.2, 0) is 11.9 Å². The molecule has 4 aromatic carbocycles. The molecule has 31 heavy (non-hydrogen) atoms. The van der Waals surface area contributed by atoms with Crippen LogP contribution < -0.4 is 4.74 Å². The van der Waals surface area contributed by atoms with E-state index < -0.39 is 0 Å². The van der Waals surface area contributed by atoms with Crippen LogP contribution in [0.3, 0.4) is 0 Å². The van der Waals surface area contributed by atoms with Gasteiger partial charge in [-0.2, -0.15) is 0 Å². The molecule has 0 aromatic heterocycles. The van der Waals surface area contributed by atoms with Gasteiger partial charge in [0.1, 0.15) is 18.1 Å². The molecule has 0 aliphatic carbocycles. The average molecular weight is 607 g/mol. The summed E-state index contributed by atoms with van der Waals surface area (Å²) < 4.78 is 7.58. The van der Waals surface area contributed by atoms with Crippen LogP contribution in [0.4, 0.5) is 0 Å². The van der Waals surface area contributed by atoms with Crippen molar-refractivity contribution in [1.29, 1.82) is 0 Å². The van der Waals surface area contributed by atoms with Gasteiger partial charge in [-0.1, -0.05) is 121 Å². The van der Waals surface area contributed by atoms with Crippen molar-refractivity contribution in [3.8, 4) is 11.5 Å². The number of hydrogen-bond donors (Lipinski definition) is 1. The molecule has 0 fully saturated rings. The number of phenols is 1. The lowest BCUT2D eigenvalue weighted by molar-refractivity contribution is 0.306. The number of aromatic hydroxyl groups is 1. The molecule has 4 rings (SSSR count). The molecule has 0 saturated heterocycles. The molecule has 0 atom stereocenters. The summed E-state index contributed by atoms with van der Waals surface area (Å²) in [5.41, 5.74) is 2.50. The van der Waals surface area contributed by atoms with Gasteiger partial charge in [0.15, 0.2) is 0 Å². The third-order valence-electron chi connectivity index (χ3n) is 3.85. The standard InChI is InChI=1S/C13H11BrO.C7H7Br.C6H5BrO/c14-12-7-4-8-13(9-12)15-10-11-5-2-1-3-6-11;8-6-7-4-2-1-3-5-7;7-5-2-1-3-6(8)4-5/h1-9H,10H2;1-5H,6H2;1-4,8H. The highest BCUT2D eigenvalue weighted by Gasteiger charge is 1.95. The Hall–Kier alpha value is -2.08. The topological polar surface area (TPSA) is 29.5 Å². The van der Waals surface area contributed by atoms with E-state index in [4.69, 9.17) is 9.84 Å². The molecule has 0 radical (unpaired) electrons. The third-order valence-corrected chi connectivity index (χ3v) is 5.48. The number of phenolic OH excluding ortho intramolecular Hbond substituents is 1. The molecular formula is C26H23Br3O2. The molecule has 4 aromatic rings. The van der Waals surface area contributed by atoms with Gasteiger partial charge in [0.05, 0.1) is 0 Å². The smallest absolute Gasteiger partial charge is 0.120 e. The van der Waals surface area contributed by atoms with Crippen molar-refractivity contribution in [3.63, 3.8) is 0 Å². The molecular weight excluding hydrogens is 584 g/mol. The van der Waals surface area contributed by atoms with Crippen LogP contribution in [0.5, 0.6) is 11.5 Å². The molecule has 160 valence electrons. The largest absolute Gasteiger partial charge is 0.508 e. The fourth-order valence-electron chi connectivity index (χ4n) is 2.34. The van der Waals surface area contributed by atoms with Gasteiger partial charge < -0.3 is 9.84 Å². The maximum atomic E-state index is 8.78. The van der Waals surface area contributed by atoms with Crippen molar-refractivity contribution < 1.29 is 9.84 Å². The first-order chi connectivity index (χ1) is 15.1. The Balaban J connectivity index is 0.000000181. The van der Waals surface area contributed by atoms with Crippen LogP contribution in [0.2, 0.25) is 0 Å². The van der Waals surface area contributed by atoms with E-state index in [2.05, 4.69) is 72.1 Å². The first kappa shape index (κ1) is 25.2. The lowest BCUT2D eigenvalue weighted by Crippen LogP contribution is -1.94. The van der Waals surface area contributed by atoms with Crippen LogP contribution in [-0.4, -0.2) is 5.11 Å². The van der Waals surface area contributed by atoms with Gasteiger partial charge in [-0.05, 0) is 47.5 Å². The molecule has 0 heterocycles. The zero-order valence-electron chi connectivity index (χ0n) is 16.8. The van der Waals surface area contributed by atoms with Crippen molar-refractivity contribution >= 4 is 47.8 Å². The number of benzene rings is 4. The van der Waals surface area contributed by atoms with Crippen molar-refractivity contribution in [2.75, 3.05) is 0 Å². The van der Waals surface area contributed by atoms with Gasteiger partial charge in [0, 0.05) is 14.3 Å². The minimum Gasteiger partial charge on any atom is -0.508 e. The second-order valence-electron chi connectivity index (χ2n) is 6.33. The second kappa shape index (κ2) is 14.8. The summed E-state index contributed by atoms with van der Waals surface area (Å²) in [6.07, 6.45) is 0. The van der Waals surface area contributed by atoms with E-state index in [1.807, 2.05) is 66.7 Å². The summed E-state index contributed by atoms with van der Waals surface area (Å²) in [7, 11) is 0. The van der Waals surface area contributed by atoms with E-state index in [1.165, 1.54) is 11.1 Å². The predicted molar refractivity (Wildman–Crippen MR) is 140 cm³/mol. The van der Waals surface area contributed by atoms with E-state index in [9.17, 15) is 0 Å². The lowest BCUT2D eigenvalue weighted by Gasteiger charge is -2.06. The number of alkyl halides is 1. The van der Waals surface area contributed by atoms with E-state index in [0.29, 0.717) is 12.4 Å². The van der Waals surface area contributed by atoms with Crippen LogP contribution in [0.15, 0.2) is 118 Å². The number of hydrogen-bond acceptors (Lipinski definition) is 2. The lowest BCUT2D eigenvalue weighted by atomic mass is 10.2. The Bertz CT molecular complexity index is 992. The molecule has 5 heteroatoms. The molecule has 0 spiro atoms. The monoisotopic (exact) mass is 604 g/mol. The third kappa shape index (κ3) is 11.2. The van der Waals surface area contributed by atoms with Gasteiger partial charge >= 0.3 is 0 Å². The molecule has 0 unspecified atom stereocenters. The van der Waals surface area contributed by atoms with E-state index in [1.54, 1.807) is 18.2 Å². The first-order valence-electron chi connectivity index (χ1n) is 9.53. The maximum absolute atomic E-state index is 8.78. The Morgan fingerprint density at radius 1 is 0.613 bits per heavy atom. The fraction of sp³-hybridized carbons (Fsp3) is 0.0769. The van der Waals surface area contributed by atoms with Gasteiger partial charge in [0.2, 0.25) is 0 Å². The maximum Gasteiger partial charge on any atom is 0.120 e. The van der Waals surface area contributed by atoms with Crippen molar-refractivity contribution in [2.24, 2.45) is 0 Å². The normalized spacial score (nSPS) is 9.52. The summed E-state index contributed by atoms with van der Waals surface area (Å²) in [5.74, 6) is 1.17. The average Bonchev–Trinajstić information content (AvgIpc) is 2.80.